The van der Waals surface area contributed by atoms with E-state index in [4.69, 9.17) is 37.2 Å². The summed E-state index contributed by atoms with van der Waals surface area (Å²) in [5, 5.41) is 5.40. The SMILES string of the molecule is CC(C)(C)OC(=O)N1C[C@@H]2C[C@H](OCc3c(-c4c(Cl)cccc4Cl)noc3C3CC3)[C@H]1C2. The standard InChI is InChI=1S/C24H28Cl2N2O4/c1-24(2,3)31-23(29)28-11-13-9-18(28)19(10-13)30-12-15-21(27-32-22(15)14-7-8-14)20-16(25)5-4-6-17(20)26/h4-6,13-14,18-19H,7-12H2,1-3H3/t13-,18+,19-/m0/s1. The van der Waals surface area contributed by atoms with Gasteiger partial charge in [0.2, 0.25) is 0 Å². The zero-order valence-electron chi connectivity index (χ0n) is 18.6. The van der Waals surface area contributed by atoms with Crippen LogP contribution in [0.15, 0.2) is 22.7 Å². The molecule has 0 radical (unpaired) electrons. The third-order valence-corrected chi connectivity index (χ3v) is 7.09. The number of rotatable bonds is 5. The number of ether oxygens (including phenoxy) is 2. The molecule has 1 aromatic carbocycles. The molecule has 8 heteroatoms. The number of carbonyl (C=O) groups excluding carboxylic acids is 1. The molecule has 6 nitrogen and oxygen atoms in total. The Kier molecular flexibility index (Phi) is 5.67. The fourth-order valence-electron chi connectivity index (χ4n) is 4.91. The third kappa shape index (κ3) is 4.25. The van der Waals surface area contributed by atoms with Crippen molar-refractivity contribution in [2.45, 2.75) is 76.7 Å². The number of carbonyl (C=O) groups is 1. The predicted octanol–water partition coefficient (Wildman–Crippen LogP) is 6.44. The molecular formula is C24H28Cl2N2O4. The van der Waals surface area contributed by atoms with Crippen LogP contribution >= 0.6 is 23.2 Å². The summed E-state index contributed by atoms with van der Waals surface area (Å²) in [6.07, 6.45) is 3.75. The Bertz CT molecular complexity index is 1010. The average molecular weight is 479 g/mol. The molecule has 3 atom stereocenters. The molecule has 32 heavy (non-hydrogen) atoms. The van der Waals surface area contributed by atoms with Crippen LogP contribution in [-0.2, 0) is 16.1 Å². The quantitative estimate of drug-likeness (QED) is 0.494. The van der Waals surface area contributed by atoms with E-state index in [0.717, 1.165) is 43.6 Å². The summed E-state index contributed by atoms with van der Waals surface area (Å²) in [5.41, 5.74) is 1.72. The van der Waals surface area contributed by atoms with E-state index < -0.39 is 5.60 Å². The normalized spacial score (nSPS) is 24.9. The lowest BCUT2D eigenvalue weighted by Gasteiger charge is -2.34. The number of amides is 1. The van der Waals surface area contributed by atoms with E-state index in [1.165, 1.54) is 0 Å². The van der Waals surface area contributed by atoms with E-state index in [2.05, 4.69) is 5.16 Å². The molecule has 2 bridgehead atoms. The van der Waals surface area contributed by atoms with Crippen molar-refractivity contribution in [1.29, 1.82) is 0 Å². The monoisotopic (exact) mass is 478 g/mol. The molecule has 1 saturated heterocycles. The van der Waals surface area contributed by atoms with Crippen molar-refractivity contribution in [3.63, 3.8) is 0 Å². The number of fused-ring (bicyclic) bond motifs is 2. The number of hydrogen-bond donors (Lipinski definition) is 0. The van der Waals surface area contributed by atoms with E-state index in [-0.39, 0.29) is 18.2 Å². The number of halogens is 2. The zero-order valence-corrected chi connectivity index (χ0v) is 20.1. The molecule has 3 fully saturated rings. The predicted molar refractivity (Wildman–Crippen MR) is 122 cm³/mol. The van der Waals surface area contributed by atoms with Crippen LogP contribution in [0.1, 0.15) is 63.7 Å². The maximum absolute atomic E-state index is 12.7. The molecule has 2 aromatic rings. The average Bonchev–Trinajstić information content (AvgIpc) is 3.16. The maximum atomic E-state index is 12.7. The molecule has 1 aromatic heterocycles. The Morgan fingerprint density at radius 3 is 2.56 bits per heavy atom. The van der Waals surface area contributed by atoms with E-state index >= 15 is 0 Å². The third-order valence-electron chi connectivity index (χ3n) is 6.46. The summed E-state index contributed by atoms with van der Waals surface area (Å²) in [4.78, 5) is 14.5. The first-order valence-corrected chi connectivity index (χ1v) is 12.0. The summed E-state index contributed by atoms with van der Waals surface area (Å²) in [6, 6.07) is 5.44. The second-order valence-electron chi connectivity index (χ2n) is 10.1. The van der Waals surface area contributed by atoms with Crippen molar-refractivity contribution >= 4 is 29.3 Å². The van der Waals surface area contributed by atoms with Crippen LogP contribution in [0.25, 0.3) is 11.3 Å². The van der Waals surface area contributed by atoms with Crippen LogP contribution in [0, 0.1) is 5.92 Å². The van der Waals surface area contributed by atoms with Crippen molar-refractivity contribution in [1.82, 2.24) is 10.1 Å². The van der Waals surface area contributed by atoms with Gasteiger partial charge >= 0.3 is 6.09 Å². The first-order chi connectivity index (χ1) is 15.2. The first kappa shape index (κ1) is 22.1. The van der Waals surface area contributed by atoms with Crippen LogP contribution in [0.5, 0.6) is 0 Å². The van der Waals surface area contributed by atoms with Gasteiger partial charge in [-0.3, -0.25) is 0 Å². The molecule has 2 saturated carbocycles. The van der Waals surface area contributed by atoms with Gasteiger partial charge in [0.1, 0.15) is 17.1 Å². The van der Waals surface area contributed by atoms with Crippen molar-refractivity contribution in [3.05, 3.63) is 39.6 Å². The Morgan fingerprint density at radius 2 is 1.94 bits per heavy atom. The van der Waals surface area contributed by atoms with E-state index in [0.29, 0.717) is 39.7 Å². The van der Waals surface area contributed by atoms with Crippen molar-refractivity contribution in [2.75, 3.05) is 6.54 Å². The molecule has 0 N–H and O–H groups in total. The summed E-state index contributed by atoms with van der Waals surface area (Å²) < 4.78 is 17.8. The minimum atomic E-state index is -0.514. The summed E-state index contributed by atoms with van der Waals surface area (Å²) in [6.45, 7) is 6.75. The minimum Gasteiger partial charge on any atom is -0.444 e. The van der Waals surface area contributed by atoms with E-state index in [1.54, 1.807) is 12.1 Å². The molecule has 1 aliphatic heterocycles. The Hall–Kier alpha value is -1.76. The summed E-state index contributed by atoms with van der Waals surface area (Å²) >= 11 is 12.9. The Balaban J connectivity index is 1.35. The first-order valence-electron chi connectivity index (χ1n) is 11.3. The maximum Gasteiger partial charge on any atom is 0.410 e. The van der Waals surface area contributed by atoms with Crippen LogP contribution in [0.4, 0.5) is 4.79 Å². The molecule has 5 rings (SSSR count). The molecule has 1 amide bonds. The lowest BCUT2D eigenvalue weighted by atomic mass is 10.0. The van der Waals surface area contributed by atoms with E-state index in [9.17, 15) is 4.79 Å². The van der Waals surface area contributed by atoms with Gasteiger partial charge < -0.3 is 18.9 Å². The highest BCUT2D eigenvalue weighted by Crippen LogP contribution is 2.47. The number of likely N-dealkylation sites (tertiary alicyclic amines) is 1. The lowest BCUT2D eigenvalue weighted by Crippen LogP contribution is -2.47. The molecule has 2 heterocycles. The molecule has 3 aliphatic rings. The van der Waals surface area contributed by atoms with Gasteiger partial charge in [-0.25, -0.2) is 4.79 Å². The number of hydrogen-bond acceptors (Lipinski definition) is 5. The highest BCUT2D eigenvalue weighted by atomic mass is 35.5. The lowest BCUT2D eigenvalue weighted by molar-refractivity contribution is -0.0339. The van der Waals surface area contributed by atoms with Gasteiger partial charge in [-0.1, -0.05) is 34.4 Å². The fraction of sp³-hybridized carbons (Fsp3) is 0.583. The molecule has 2 aliphatic carbocycles. The van der Waals surface area contributed by atoms with Gasteiger partial charge in [0.25, 0.3) is 0 Å². The van der Waals surface area contributed by atoms with Crippen LogP contribution in [-0.4, -0.2) is 40.4 Å². The summed E-state index contributed by atoms with van der Waals surface area (Å²) in [7, 11) is 0. The number of benzene rings is 1. The van der Waals surface area contributed by atoms with Gasteiger partial charge in [0.05, 0.1) is 28.8 Å². The van der Waals surface area contributed by atoms with Crippen molar-refractivity contribution < 1.29 is 18.8 Å². The van der Waals surface area contributed by atoms with E-state index in [1.807, 2.05) is 31.7 Å². The zero-order chi connectivity index (χ0) is 22.6. The topological polar surface area (TPSA) is 64.8 Å². The van der Waals surface area contributed by atoms with Crippen molar-refractivity contribution in [2.24, 2.45) is 5.92 Å². The molecule has 172 valence electrons. The number of nitrogens with zero attached hydrogens (tertiary/aromatic N) is 2. The fourth-order valence-corrected chi connectivity index (χ4v) is 5.49. The van der Waals surface area contributed by atoms with Crippen LogP contribution in [0.2, 0.25) is 10.0 Å². The van der Waals surface area contributed by atoms with Crippen LogP contribution < -0.4 is 0 Å². The van der Waals surface area contributed by atoms with Gasteiger partial charge in [0, 0.05) is 23.6 Å². The van der Waals surface area contributed by atoms with Crippen LogP contribution in [0.3, 0.4) is 0 Å². The molecule has 0 spiro atoms. The van der Waals surface area contributed by atoms with Gasteiger partial charge in [-0.05, 0) is 64.5 Å². The highest BCUT2D eigenvalue weighted by molar-refractivity contribution is 6.39. The summed E-state index contributed by atoms with van der Waals surface area (Å²) in [5.74, 6) is 1.68. The highest BCUT2D eigenvalue weighted by Gasteiger charge is 2.49. The van der Waals surface area contributed by atoms with Crippen molar-refractivity contribution in [3.8, 4) is 11.3 Å². The molecular weight excluding hydrogens is 451 g/mol. The van der Waals surface area contributed by atoms with Gasteiger partial charge in [-0.2, -0.15) is 0 Å². The van der Waals surface area contributed by atoms with Gasteiger partial charge in [0.15, 0.2) is 0 Å². The Labute approximate surface area is 198 Å². The second-order valence-corrected chi connectivity index (χ2v) is 10.9. The minimum absolute atomic E-state index is 0.0337. The largest absolute Gasteiger partial charge is 0.444 e. The Morgan fingerprint density at radius 1 is 1.22 bits per heavy atom. The smallest absolute Gasteiger partial charge is 0.410 e. The number of aromatic nitrogens is 1. The van der Waals surface area contributed by atoms with Gasteiger partial charge in [-0.15, -0.1) is 0 Å². The number of piperidine rings is 1. The second kappa shape index (κ2) is 8.23. The molecule has 0 unspecified atom stereocenters.